The predicted octanol–water partition coefficient (Wildman–Crippen LogP) is 6.53. The Labute approximate surface area is 153 Å². The Balaban J connectivity index is 1.94. The van der Waals surface area contributed by atoms with Gasteiger partial charge in [-0.05, 0) is 53.4 Å². The van der Waals surface area contributed by atoms with E-state index in [4.69, 9.17) is 5.73 Å². The smallest absolute Gasteiger partial charge is 0.0540 e. The van der Waals surface area contributed by atoms with Crippen molar-refractivity contribution in [3.8, 4) is 0 Å². The Bertz CT molecular complexity index is 1040. The van der Waals surface area contributed by atoms with Crippen molar-refractivity contribution >= 4 is 39.6 Å². The number of hydrogen-bond acceptors (Lipinski definition) is 2. The number of nitrogen functional groups attached to an aromatic ring is 1. The van der Waals surface area contributed by atoms with E-state index in [2.05, 4.69) is 90.3 Å². The molecule has 0 aromatic heterocycles. The van der Waals surface area contributed by atoms with Gasteiger partial charge in [-0.2, -0.15) is 0 Å². The number of nitrogens with two attached hydrogens (primary N) is 1. The third-order valence-electron chi connectivity index (χ3n) is 4.55. The number of anilines is 4. The Hall–Kier alpha value is -3.52. The van der Waals surface area contributed by atoms with Crippen molar-refractivity contribution in [2.75, 3.05) is 10.6 Å². The van der Waals surface area contributed by atoms with Gasteiger partial charge in [0.25, 0.3) is 0 Å². The molecule has 0 aliphatic heterocycles. The molecule has 0 saturated carbocycles. The van der Waals surface area contributed by atoms with Crippen LogP contribution in [0.4, 0.5) is 22.7 Å². The molecular formula is C24H20N2. The maximum Gasteiger partial charge on any atom is 0.0540 e. The molecule has 0 fully saturated rings. The van der Waals surface area contributed by atoms with Crippen molar-refractivity contribution in [3.63, 3.8) is 0 Å². The monoisotopic (exact) mass is 336 g/mol. The zero-order valence-electron chi connectivity index (χ0n) is 14.5. The number of rotatable bonds is 4. The van der Waals surface area contributed by atoms with Gasteiger partial charge in [0, 0.05) is 22.4 Å². The predicted molar refractivity (Wildman–Crippen MR) is 113 cm³/mol. The van der Waals surface area contributed by atoms with Crippen molar-refractivity contribution in [1.29, 1.82) is 0 Å². The first-order valence-electron chi connectivity index (χ1n) is 8.62. The van der Waals surface area contributed by atoms with Crippen LogP contribution >= 0.6 is 0 Å². The van der Waals surface area contributed by atoms with Crippen LogP contribution in [0, 0.1) is 0 Å². The summed E-state index contributed by atoms with van der Waals surface area (Å²) >= 11 is 0. The lowest BCUT2D eigenvalue weighted by Crippen LogP contribution is -2.10. The normalized spacial score (nSPS) is 10.6. The molecule has 4 rings (SSSR count). The fraction of sp³-hybridized carbons (Fsp3) is 0. The molecular weight excluding hydrogens is 316 g/mol. The van der Waals surface area contributed by atoms with Gasteiger partial charge >= 0.3 is 0 Å². The minimum atomic E-state index is 0.758. The van der Waals surface area contributed by atoms with E-state index < -0.39 is 0 Å². The zero-order chi connectivity index (χ0) is 17.9. The SMILES string of the molecule is C=Cc1ccc(N(c2ccc(N)cc2)c2cccc3ccccc23)cc1. The van der Waals surface area contributed by atoms with Gasteiger partial charge in [-0.15, -0.1) is 0 Å². The number of hydrogen-bond donors (Lipinski definition) is 1. The topological polar surface area (TPSA) is 29.3 Å². The summed E-state index contributed by atoms with van der Waals surface area (Å²) in [4.78, 5) is 2.26. The Morgan fingerprint density at radius 2 is 1.31 bits per heavy atom. The fourth-order valence-electron chi connectivity index (χ4n) is 3.21. The second-order valence-corrected chi connectivity index (χ2v) is 6.22. The highest BCUT2D eigenvalue weighted by Gasteiger charge is 2.14. The lowest BCUT2D eigenvalue weighted by molar-refractivity contribution is 1.30. The quantitative estimate of drug-likeness (QED) is 0.429. The van der Waals surface area contributed by atoms with Gasteiger partial charge < -0.3 is 10.6 Å². The third kappa shape index (κ3) is 2.93. The van der Waals surface area contributed by atoms with Crippen molar-refractivity contribution in [2.45, 2.75) is 0 Å². The summed E-state index contributed by atoms with van der Waals surface area (Å²) in [6.07, 6.45) is 1.86. The Morgan fingerprint density at radius 1 is 0.692 bits per heavy atom. The highest BCUT2D eigenvalue weighted by atomic mass is 15.1. The van der Waals surface area contributed by atoms with Crippen molar-refractivity contribution < 1.29 is 0 Å². The standard InChI is InChI=1S/C24H20N2/c1-2-18-10-14-21(15-11-18)26(22-16-12-20(25)13-17-22)24-9-5-7-19-6-3-4-8-23(19)24/h2-17H,1,25H2. The summed E-state index contributed by atoms with van der Waals surface area (Å²) in [5, 5.41) is 2.42. The van der Waals surface area contributed by atoms with Crippen molar-refractivity contribution in [1.82, 2.24) is 0 Å². The van der Waals surface area contributed by atoms with Crippen LogP contribution in [0.1, 0.15) is 5.56 Å². The average molecular weight is 336 g/mol. The summed E-state index contributed by atoms with van der Waals surface area (Å²) in [7, 11) is 0. The van der Waals surface area contributed by atoms with E-state index in [0.29, 0.717) is 0 Å². The van der Waals surface area contributed by atoms with E-state index in [1.54, 1.807) is 0 Å². The highest BCUT2D eigenvalue weighted by Crippen LogP contribution is 2.38. The van der Waals surface area contributed by atoms with Crippen molar-refractivity contribution in [2.24, 2.45) is 0 Å². The van der Waals surface area contributed by atoms with Gasteiger partial charge in [0.05, 0.1) is 5.69 Å². The van der Waals surface area contributed by atoms with Crippen molar-refractivity contribution in [3.05, 3.63) is 103 Å². The molecule has 0 amide bonds. The molecule has 0 heterocycles. The number of fused-ring (bicyclic) bond motifs is 1. The van der Waals surface area contributed by atoms with Crippen LogP contribution < -0.4 is 10.6 Å². The van der Waals surface area contributed by atoms with E-state index in [-0.39, 0.29) is 0 Å². The van der Waals surface area contributed by atoms with Gasteiger partial charge in [-0.3, -0.25) is 0 Å². The molecule has 0 atom stereocenters. The third-order valence-corrected chi connectivity index (χ3v) is 4.55. The minimum Gasteiger partial charge on any atom is -0.399 e. The average Bonchev–Trinajstić information content (AvgIpc) is 2.70. The number of nitrogens with zero attached hydrogens (tertiary/aromatic N) is 1. The minimum absolute atomic E-state index is 0.758. The molecule has 4 aromatic carbocycles. The van der Waals surface area contributed by atoms with Crippen LogP contribution in [0.5, 0.6) is 0 Å². The highest BCUT2D eigenvalue weighted by molar-refractivity contribution is 5.98. The molecule has 2 nitrogen and oxygen atoms in total. The Morgan fingerprint density at radius 3 is 2.00 bits per heavy atom. The summed E-state index contributed by atoms with van der Waals surface area (Å²) in [6.45, 7) is 3.84. The van der Waals surface area contributed by atoms with Crippen LogP contribution in [0.3, 0.4) is 0 Å². The molecule has 0 radical (unpaired) electrons. The number of benzene rings is 4. The van der Waals surface area contributed by atoms with Gasteiger partial charge in [0.1, 0.15) is 0 Å². The first-order chi connectivity index (χ1) is 12.8. The molecule has 0 aliphatic rings. The van der Waals surface area contributed by atoms with E-state index in [1.165, 1.54) is 10.8 Å². The van der Waals surface area contributed by atoms with E-state index >= 15 is 0 Å². The van der Waals surface area contributed by atoms with Gasteiger partial charge in [-0.1, -0.05) is 61.2 Å². The van der Waals surface area contributed by atoms with Crippen LogP contribution in [0.2, 0.25) is 0 Å². The molecule has 0 unspecified atom stereocenters. The molecule has 0 saturated heterocycles. The van der Waals surface area contributed by atoms with Crippen LogP contribution in [-0.4, -0.2) is 0 Å². The summed E-state index contributed by atoms with van der Waals surface area (Å²) in [5.74, 6) is 0. The largest absolute Gasteiger partial charge is 0.399 e. The molecule has 0 spiro atoms. The summed E-state index contributed by atoms with van der Waals surface area (Å²) in [6, 6.07) is 31.2. The maximum atomic E-state index is 5.90. The van der Waals surface area contributed by atoms with Crippen LogP contribution in [0.25, 0.3) is 16.8 Å². The lowest BCUT2D eigenvalue weighted by Gasteiger charge is -2.27. The molecule has 0 aliphatic carbocycles. The van der Waals surface area contributed by atoms with Gasteiger partial charge in [0.2, 0.25) is 0 Å². The first-order valence-corrected chi connectivity index (χ1v) is 8.62. The summed E-state index contributed by atoms with van der Waals surface area (Å²) < 4.78 is 0. The first kappa shape index (κ1) is 16.0. The zero-order valence-corrected chi connectivity index (χ0v) is 14.5. The van der Waals surface area contributed by atoms with E-state index in [0.717, 1.165) is 28.3 Å². The van der Waals surface area contributed by atoms with Gasteiger partial charge in [-0.25, -0.2) is 0 Å². The Kier molecular flexibility index (Phi) is 4.16. The molecule has 26 heavy (non-hydrogen) atoms. The van der Waals surface area contributed by atoms with Gasteiger partial charge in [0.15, 0.2) is 0 Å². The molecule has 4 aromatic rings. The second kappa shape index (κ2) is 6.77. The molecule has 0 bridgehead atoms. The fourth-order valence-corrected chi connectivity index (χ4v) is 3.21. The molecule has 2 heteroatoms. The van der Waals surface area contributed by atoms with E-state index in [1.807, 2.05) is 18.2 Å². The maximum absolute atomic E-state index is 5.90. The molecule has 126 valence electrons. The van der Waals surface area contributed by atoms with Crippen LogP contribution in [-0.2, 0) is 0 Å². The lowest BCUT2D eigenvalue weighted by atomic mass is 10.1. The van der Waals surface area contributed by atoms with E-state index in [9.17, 15) is 0 Å². The second-order valence-electron chi connectivity index (χ2n) is 6.22. The molecule has 2 N–H and O–H groups in total. The van der Waals surface area contributed by atoms with Crippen LogP contribution in [0.15, 0.2) is 97.6 Å². The summed E-state index contributed by atoms with van der Waals surface area (Å²) in [5.41, 5.74) is 11.1.